The minimum atomic E-state index is -0.442. The molecular weight excluding hydrogens is 240 g/mol. The largest absolute Gasteiger partial charge is 0.453 e. The van der Waals surface area contributed by atoms with Crippen molar-refractivity contribution in [1.82, 2.24) is 0 Å². The van der Waals surface area contributed by atoms with Gasteiger partial charge in [0.05, 0.1) is 7.11 Å². The fourth-order valence-electron chi connectivity index (χ4n) is 2.75. The molecule has 0 bridgehead atoms. The average molecular weight is 262 g/mol. The molecule has 104 valence electrons. The molecule has 0 spiro atoms. The van der Waals surface area contributed by atoms with Gasteiger partial charge in [0.25, 0.3) is 0 Å². The number of nitrogens with one attached hydrogen (secondary N) is 2. The first-order valence-electron chi connectivity index (χ1n) is 6.94. The van der Waals surface area contributed by atoms with E-state index in [2.05, 4.69) is 22.3 Å². The van der Waals surface area contributed by atoms with E-state index in [1.165, 1.54) is 32.8 Å². The zero-order chi connectivity index (χ0) is 13.7. The summed E-state index contributed by atoms with van der Waals surface area (Å²) in [6.07, 6.45) is 4.69. The molecule has 1 aromatic carbocycles. The predicted molar refractivity (Wildman–Crippen MR) is 77.5 cm³/mol. The van der Waals surface area contributed by atoms with Crippen LogP contribution in [0.1, 0.15) is 32.6 Å². The summed E-state index contributed by atoms with van der Waals surface area (Å²) in [6.45, 7) is 2.26. The number of amides is 1. The normalized spacial score (nSPS) is 22.0. The van der Waals surface area contributed by atoms with Crippen molar-refractivity contribution in [2.75, 3.05) is 17.7 Å². The summed E-state index contributed by atoms with van der Waals surface area (Å²) in [7, 11) is 1.36. The number of methoxy groups -OCH3 is 1. The zero-order valence-corrected chi connectivity index (χ0v) is 11.6. The highest BCUT2D eigenvalue weighted by atomic mass is 16.5. The third kappa shape index (κ3) is 3.63. The predicted octanol–water partition coefficient (Wildman–Crippen LogP) is 3.86. The third-order valence-corrected chi connectivity index (χ3v) is 3.85. The van der Waals surface area contributed by atoms with Crippen LogP contribution in [0, 0.1) is 5.92 Å². The SMILES string of the molecule is CCC1CCCC1Nc1ccc(NC(=O)OC)cc1. The standard InChI is InChI=1S/C15H22N2O2/c1-3-11-5-4-6-14(11)16-12-7-9-13(10-8-12)17-15(18)19-2/h7-11,14,16H,3-6H2,1-2H3,(H,17,18). The molecule has 2 unspecified atom stereocenters. The maximum atomic E-state index is 11.1. The van der Waals surface area contributed by atoms with E-state index in [4.69, 9.17) is 0 Å². The van der Waals surface area contributed by atoms with E-state index in [1.54, 1.807) is 0 Å². The van der Waals surface area contributed by atoms with Crippen molar-refractivity contribution in [1.29, 1.82) is 0 Å². The maximum Gasteiger partial charge on any atom is 0.411 e. The summed E-state index contributed by atoms with van der Waals surface area (Å²) in [4.78, 5) is 11.1. The van der Waals surface area contributed by atoms with Gasteiger partial charge in [0.1, 0.15) is 0 Å². The Balaban J connectivity index is 1.93. The van der Waals surface area contributed by atoms with Crippen LogP contribution < -0.4 is 10.6 Å². The van der Waals surface area contributed by atoms with Gasteiger partial charge in [0.15, 0.2) is 0 Å². The number of anilines is 2. The first-order chi connectivity index (χ1) is 9.22. The van der Waals surface area contributed by atoms with E-state index in [0.29, 0.717) is 6.04 Å². The Labute approximate surface area is 114 Å². The van der Waals surface area contributed by atoms with E-state index in [0.717, 1.165) is 17.3 Å². The fraction of sp³-hybridized carbons (Fsp3) is 0.533. The lowest BCUT2D eigenvalue weighted by Crippen LogP contribution is -2.23. The topological polar surface area (TPSA) is 50.4 Å². The van der Waals surface area contributed by atoms with Crippen LogP contribution in [0.3, 0.4) is 0 Å². The second-order valence-corrected chi connectivity index (χ2v) is 5.04. The summed E-state index contributed by atoms with van der Waals surface area (Å²) >= 11 is 0. The maximum absolute atomic E-state index is 11.1. The molecule has 2 rings (SSSR count). The van der Waals surface area contributed by atoms with Gasteiger partial charge in [-0.25, -0.2) is 4.79 Å². The fourth-order valence-corrected chi connectivity index (χ4v) is 2.75. The molecule has 4 heteroatoms. The molecule has 1 saturated carbocycles. The van der Waals surface area contributed by atoms with Crippen LogP contribution in [0.15, 0.2) is 24.3 Å². The highest BCUT2D eigenvalue weighted by Gasteiger charge is 2.25. The molecule has 0 saturated heterocycles. The molecule has 1 fully saturated rings. The molecule has 1 amide bonds. The van der Waals surface area contributed by atoms with Gasteiger partial charge in [-0.05, 0) is 43.0 Å². The molecule has 19 heavy (non-hydrogen) atoms. The molecule has 1 aromatic rings. The Hall–Kier alpha value is -1.71. The number of carbonyl (C=O) groups excluding carboxylic acids is 1. The van der Waals surface area contributed by atoms with Crippen molar-refractivity contribution in [2.24, 2.45) is 5.92 Å². The Bertz CT molecular complexity index is 417. The molecule has 0 radical (unpaired) electrons. The van der Waals surface area contributed by atoms with E-state index in [-0.39, 0.29) is 0 Å². The van der Waals surface area contributed by atoms with E-state index in [1.807, 2.05) is 24.3 Å². The number of rotatable bonds is 4. The van der Waals surface area contributed by atoms with Gasteiger partial charge >= 0.3 is 6.09 Å². The minimum Gasteiger partial charge on any atom is -0.453 e. The first-order valence-corrected chi connectivity index (χ1v) is 6.94. The van der Waals surface area contributed by atoms with Gasteiger partial charge in [-0.15, -0.1) is 0 Å². The molecule has 1 aliphatic carbocycles. The molecule has 0 heterocycles. The zero-order valence-electron chi connectivity index (χ0n) is 11.6. The second-order valence-electron chi connectivity index (χ2n) is 5.04. The van der Waals surface area contributed by atoms with Crippen molar-refractivity contribution in [3.05, 3.63) is 24.3 Å². The Kier molecular flexibility index (Phi) is 4.66. The van der Waals surface area contributed by atoms with Crippen molar-refractivity contribution in [3.8, 4) is 0 Å². The summed E-state index contributed by atoms with van der Waals surface area (Å²) in [5, 5.41) is 6.24. The van der Waals surface area contributed by atoms with Crippen LogP contribution >= 0.6 is 0 Å². The number of hydrogen-bond acceptors (Lipinski definition) is 3. The highest BCUT2D eigenvalue weighted by molar-refractivity contribution is 5.84. The van der Waals surface area contributed by atoms with Crippen molar-refractivity contribution in [2.45, 2.75) is 38.6 Å². The van der Waals surface area contributed by atoms with Gasteiger partial charge < -0.3 is 10.1 Å². The smallest absolute Gasteiger partial charge is 0.411 e. The molecule has 0 aliphatic heterocycles. The molecule has 2 atom stereocenters. The van der Waals surface area contributed by atoms with Gasteiger partial charge in [0, 0.05) is 17.4 Å². The molecule has 1 aliphatic rings. The van der Waals surface area contributed by atoms with Gasteiger partial charge in [-0.3, -0.25) is 5.32 Å². The van der Waals surface area contributed by atoms with Crippen LogP contribution in [0.4, 0.5) is 16.2 Å². The molecule has 4 nitrogen and oxygen atoms in total. The lowest BCUT2D eigenvalue weighted by atomic mass is 10.0. The van der Waals surface area contributed by atoms with Gasteiger partial charge in [-0.1, -0.05) is 19.8 Å². The quantitative estimate of drug-likeness (QED) is 0.866. The van der Waals surface area contributed by atoms with Crippen molar-refractivity contribution < 1.29 is 9.53 Å². The van der Waals surface area contributed by atoms with Crippen LogP contribution in [0.25, 0.3) is 0 Å². The number of benzene rings is 1. The Morgan fingerprint density at radius 3 is 2.58 bits per heavy atom. The van der Waals surface area contributed by atoms with Gasteiger partial charge in [0.2, 0.25) is 0 Å². The number of hydrogen-bond donors (Lipinski definition) is 2. The average Bonchev–Trinajstić information content (AvgIpc) is 2.88. The molecular formula is C15H22N2O2. The van der Waals surface area contributed by atoms with Gasteiger partial charge in [-0.2, -0.15) is 0 Å². The lowest BCUT2D eigenvalue weighted by Gasteiger charge is -2.21. The summed E-state index contributed by atoms with van der Waals surface area (Å²) in [5.41, 5.74) is 1.86. The third-order valence-electron chi connectivity index (χ3n) is 3.85. The van der Waals surface area contributed by atoms with Crippen molar-refractivity contribution >= 4 is 17.5 Å². The summed E-state index contributed by atoms with van der Waals surface area (Å²) in [6, 6.07) is 8.35. The van der Waals surface area contributed by atoms with E-state index in [9.17, 15) is 4.79 Å². The van der Waals surface area contributed by atoms with Crippen LogP contribution in [0.5, 0.6) is 0 Å². The van der Waals surface area contributed by atoms with Crippen molar-refractivity contribution in [3.63, 3.8) is 0 Å². The van der Waals surface area contributed by atoms with Crippen LogP contribution in [-0.4, -0.2) is 19.2 Å². The highest BCUT2D eigenvalue weighted by Crippen LogP contribution is 2.30. The first kappa shape index (κ1) is 13.7. The van der Waals surface area contributed by atoms with E-state index < -0.39 is 6.09 Å². The second kappa shape index (κ2) is 6.45. The summed E-state index contributed by atoms with van der Waals surface area (Å²) < 4.78 is 4.55. The minimum absolute atomic E-state index is 0.442. The summed E-state index contributed by atoms with van der Waals surface area (Å²) in [5.74, 6) is 0.785. The monoisotopic (exact) mass is 262 g/mol. The van der Waals surface area contributed by atoms with Crippen LogP contribution in [-0.2, 0) is 4.74 Å². The number of ether oxygens (including phenoxy) is 1. The molecule has 0 aromatic heterocycles. The van der Waals surface area contributed by atoms with Crippen LogP contribution in [0.2, 0.25) is 0 Å². The Morgan fingerprint density at radius 1 is 1.26 bits per heavy atom. The number of carbonyl (C=O) groups is 1. The van der Waals surface area contributed by atoms with E-state index >= 15 is 0 Å². The Morgan fingerprint density at radius 2 is 1.95 bits per heavy atom. The molecule has 2 N–H and O–H groups in total. The lowest BCUT2D eigenvalue weighted by molar-refractivity contribution is 0.187.